The van der Waals surface area contributed by atoms with Gasteiger partial charge in [-0.25, -0.2) is 5.01 Å². The van der Waals surface area contributed by atoms with Gasteiger partial charge in [0.1, 0.15) is 5.75 Å². The predicted octanol–water partition coefficient (Wildman–Crippen LogP) is 0.987. The summed E-state index contributed by atoms with van der Waals surface area (Å²) in [5, 5.41) is 1.96. The average molecular weight is 275 g/mol. The standard InChI is InChI=1S/C15H21N3O2/c1-17-8-10-18(11-9-17)16-15(19)7-6-13-4-3-5-14(12-13)20-2/h3-7,12H,8-11H2,1-2H3,(H,16,19)/b7-6+. The van der Waals surface area contributed by atoms with Gasteiger partial charge in [-0.05, 0) is 30.8 Å². The van der Waals surface area contributed by atoms with Crippen LogP contribution < -0.4 is 10.2 Å². The zero-order valence-electron chi connectivity index (χ0n) is 12.0. The van der Waals surface area contributed by atoms with Gasteiger partial charge in [0.25, 0.3) is 5.91 Å². The number of ether oxygens (including phenoxy) is 1. The second-order valence-electron chi connectivity index (χ2n) is 4.88. The van der Waals surface area contributed by atoms with E-state index in [-0.39, 0.29) is 5.91 Å². The molecule has 0 bridgehead atoms. The van der Waals surface area contributed by atoms with Crippen LogP contribution in [0, 0.1) is 0 Å². The zero-order chi connectivity index (χ0) is 14.4. The molecule has 0 spiro atoms. The first-order chi connectivity index (χ1) is 9.67. The maximum absolute atomic E-state index is 11.8. The third-order valence-electron chi connectivity index (χ3n) is 3.29. The number of benzene rings is 1. The van der Waals surface area contributed by atoms with Crippen LogP contribution >= 0.6 is 0 Å². The van der Waals surface area contributed by atoms with Crippen LogP contribution in [0.15, 0.2) is 30.3 Å². The average Bonchev–Trinajstić information content (AvgIpc) is 2.48. The molecule has 0 atom stereocenters. The molecule has 0 aromatic heterocycles. The molecule has 1 aromatic carbocycles. The van der Waals surface area contributed by atoms with Crippen molar-refractivity contribution in [2.75, 3.05) is 40.3 Å². The molecule has 0 radical (unpaired) electrons. The summed E-state index contributed by atoms with van der Waals surface area (Å²) in [6.07, 6.45) is 3.33. The van der Waals surface area contributed by atoms with Crippen LogP contribution in [0.4, 0.5) is 0 Å². The summed E-state index contributed by atoms with van der Waals surface area (Å²) in [4.78, 5) is 14.1. The molecule has 1 amide bonds. The van der Waals surface area contributed by atoms with E-state index in [9.17, 15) is 4.79 Å². The second kappa shape index (κ2) is 7.07. The van der Waals surface area contributed by atoms with Gasteiger partial charge in [-0.15, -0.1) is 0 Å². The molecule has 2 rings (SSSR count). The first-order valence-corrected chi connectivity index (χ1v) is 6.73. The van der Waals surface area contributed by atoms with Crippen molar-refractivity contribution in [3.05, 3.63) is 35.9 Å². The summed E-state index contributed by atoms with van der Waals surface area (Å²) < 4.78 is 5.15. The lowest BCUT2D eigenvalue weighted by Crippen LogP contribution is -2.52. The van der Waals surface area contributed by atoms with Gasteiger partial charge in [0, 0.05) is 32.3 Å². The fraction of sp³-hybridized carbons (Fsp3) is 0.400. The molecule has 1 aliphatic rings. The SMILES string of the molecule is COc1cccc(/C=C/C(=O)NN2CCN(C)CC2)c1. The number of hydrazine groups is 1. The normalized spacial score (nSPS) is 17.3. The summed E-state index contributed by atoms with van der Waals surface area (Å²) in [5.74, 6) is 0.684. The van der Waals surface area contributed by atoms with Crippen LogP contribution in [0.2, 0.25) is 0 Å². The largest absolute Gasteiger partial charge is 0.497 e. The molecule has 0 saturated carbocycles. The van der Waals surface area contributed by atoms with Crippen molar-refractivity contribution in [3.8, 4) is 5.75 Å². The van der Waals surface area contributed by atoms with Gasteiger partial charge < -0.3 is 9.64 Å². The predicted molar refractivity (Wildman–Crippen MR) is 79.2 cm³/mol. The number of piperazine rings is 1. The lowest BCUT2D eigenvalue weighted by atomic mass is 10.2. The minimum Gasteiger partial charge on any atom is -0.497 e. The highest BCUT2D eigenvalue weighted by molar-refractivity contribution is 5.91. The number of rotatable bonds is 4. The van der Waals surface area contributed by atoms with E-state index in [1.54, 1.807) is 19.3 Å². The molecule has 1 fully saturated rings. The van der Waals surface area contributed by atoms with E-state index >= 15 is 0 Å². The quantitative estimate of drug-likeness (QED) is 0.832. The fourth-order valence-electron chi connectivity index (χ4n) is 2.03. The molecule has 1 aromatic rings. The highest BCUT2D eigenvalue weighted by Gasteiger charge is 2.14. The van der Waals surface area contributed by atoms with Crippen molar-refractivity contribution < 1.29 is 9.53 Å². The summed E-state index contributed by atoms with van der Waals surface area (Å²) in [6, 6.07) is 7.60. The number of nitrogens with zero attached hydrogens (tertiary/aromatic N) is 2. The maximum Gasteiger partial charge on any atom is 0.258 e. The van der Waals surface area contributed by atoms with E-state index in [1.165, 1.54) is 0 Å². The Bertz CT molecular complexity index is 480. The van der Waals surface area contributed by atoms with Crippen LogP contribution in [0.5, 0.6) is 5.75 Å². The Morgan fingerprint density at radius 2 is 2.05 bits per heavy atom. The van der Waals surface area contributed by atoms with E-state index in [1.807, 2.05) is 29.3 Å². The number of hydrogen-bond acceptors (Lipinski definition) is 4. The number of carbonyl (C=O) groups is 1. The van der Waals surface area contributed by atoms with Crippen molar-refractivity contribution in [2.24, 2.45) is 0 Å². The summed E-state index contributed by atoms with van der Waals surface area (Å²) in [7, 11) is 3.71. The van der Waals surface area contributed by atoms with Gasteiger partial charge in [0.15, 0.2) is 0 Å². The molecular formula is C15H21N3O2. The number of nitrogens with one attached hydrogen (secondary N) is 1. The second-order valence-corrected chi connectivity index (χ2v) is 4.88. The first kappa shape index (κ1) is 14.6. The Hall–Kier alpha value is -1.85. The van der Waals surface area contributed by atoms with Crippen LogP contribution in [-0.4, -0.2) is 56.2 Å². The number of hydrogen-bond donors (Lipinski definition) is 1. The summed E-state index contributed by atoms with van der Waals surface area (Å²) in [5.41, 5.74) is 3.83. The number of amides is 1. The van der Waals surface area contributed by atoms with Gasteiger partial charge in [0.2, 0.25) is 0 Å². The molecule has 108 valence electrons. The number of methoxy groups -OCH3 is 1. The molecule has 1 saturated heterocycles. The Morgan fingerprint density at radius 3 is 2.75 bits per heavy atom. The van der Waals surface area contributed by atoms with Crippen molar-refractivity contribution in [2.45, 2.75) is 0 Å². The van der Waals surface area contributed by atoms with Crippen molar-refractivity contribution in [1.29, 1.82) is 0 Å². The lowest BCUT2D eigenvalue weighted by molar-refractivity contribution is -0.121. The Morgan fingerprint density at radius 1 is 1.30 bits per heavy atom. The van der Waals surface area contributed by atoms with E-state index in [0.29, 0.717) is 0 Å². The molecule has 1 aliphatic heterocycles. The molecule has 1 heterocycles. The lowest BCUT2D eigenvalue weighted by Gasteiger charge is -2.31. The molecule has 0 aliphatic carbocycles. The van der Waals surface area contributed by atoms with Crippen molar-refractivity contribution in [3.63, 3.8) is 0 Å². The van der Waals surface area contributed by atoms with Crippen molar-refractivity contribution >= 4 is 12.0 Å². The molecular weight excluding hydrogens is 254 g/mol. The van der Waals surface area contributed by atoms with E-state index in [2.05, 4.69) is 17.4 Å². The van der Waals surface area contributed by atoms with Crippen LogP contribution in [0.3, 0.4) is 0 Å². The van der Waals surface area contributed by atoms with Gasteiger partial charge >= 0.3 is 0 Å². The van der Waals surface area contributed by atoms with Gasteiger partial charge in [0.05, 0.1) is 7.11 Å². The third kappa shape index (κ3) is 4.36. The van der Waals surface area contributed by atoms with Gasteiger partial charge in [-0.3, -0.25) is 10.2 Å². The monoisotopic (exact) mass is 275 g/mol. The van der Waals surface area contributed by atoms with Crippen LogP contribution in [-0.2, 0) is 4.79 Å². The summed E-state index contributed by atoms with van der Waals surface area (Å²) >= 11 is 0. The molecule has 20 heavy (non-hydrogen) atoms. The van der Waals surface area contributed by atoms with Gasteiger partial charge in [-0.2, -0.15) is 0 Å². The minimum absolute atomic E-state index is 0.0997. The molecule has 0 unspecified atom stereocenters. The van der Waals surface area contributed by atoms with Gasteiger partial charge in [-0.1, -0.05) is 12.1 Å². The fourth-order valence-corrected chi connectivity index (χ4v) is 2.03. The third-order valence-corrected chi connectivity index (χ3v) is 3.29. The Kier molecular flexibility index (Phi) is 5.15. The Labute approximate surface area is 119 Å². The number of carbonyl (C=O) groups excluding carboxylic acids is 1. The van der Waals surface area contributed by atoms with E-state index in [4.69, 9.17) is 4.74 Å². The Balaban J connectivity index is 1.85. The van der Waals surface area contributed by atoms with Crippen LogP contribution in [0.1, 0.15) is 5.56 Å². The number of likely N-dealkylation sites (N-methyl/N-ethyl adjacent to an activating group) is 1. The molecule has 5 nitrogen and oxygen atoms in total. The zero-order valence-corrected chi connectivity index (χ0v) is 12.0. The van der Waals surface area contributed by atoms with Crippen LogP contribution in [0.25, 0.3) is 6.08 Å². The highest BCUT2D eigenvalue weighted by atomic mass is 16.5. The van der Waals surface area contributed by atoms with Crippen molar-refractivity contribution in [1.82, 2.24) is 15.3 Å². The smallest absolute Gasteiger partial charge is 0.258 e. The maximum atomic E-state index is 11.8. The molecule has 1 N–H and O–H groups in total. The minimum atomic E-state index is -0.0997. The summed E-state index contributed by atoms with van der Waals surface area (Å²) in [6.45, 7) is 3.66. The molecule has 5 heteroatoms. The topological polar surface area (TPSA) is 44.8 Å². The first-order valence-electron chi connectivity index (χ1n) is 6.73. The van der Waals surface area contributed by atoms with E-state index in [0.717, 1.165) is 37.5 Å². The highest BCUT2D eigenvalue weighted by Crippen LogP contribution is 2.13. The van der Waals surface area contributed by atoms with E-state index < -0.39 is 0 Å².